The fourth-order valence-corrected chi connectivity index (χ4v) is 6.50. The fraction of sp³-hybridized carbons (Fsp3) is 0.424. The average Bonchev–Trinajstić information content (AvgIpc) is 2.99. The van der Waals surface area contributed by atoms with Crippen LogP contribution in [-0.2, 0) is 19.3 Å². The van der Waals surface area contributed by atoms with E-state index < -0.39 is 14.1 Å². The molecule has 0 aliphatic carbocycles. The molecule has 3 aromatic carbocycles. The highest BCUT2D eigenvalue weighted by atomic mass is 31.2. The van der Waals surface area contributed by atoms with E-state index in [0.717, 1.165) is 22.4 Å². The molecule has 3 aromatic rings. The summed E-state index contributed by atoms with van der Waals surface area (Å²) in [4.78, 5) is 0. The zero-order valence-corrected chi connectivity index (χ0v) is 25.8. The number of hydrogen-bond acceptors (Lipinski definition) is 7. The molecule has 0 saturated heterocycles. The van der Waals surface area contributed by atoms with Crippen molar-refractivity contribution in [2.45, 2.75) is 51.7 Å². The Hall–Kier alpha value is -2.82. The lowest BCUT2D eigenvalue weighted by atomic mass is 9.77. The summed E-state index contributed by atoms with van der Waals surface area (Å²) in [7, 11) is 0.405. The topological polar surface area (TPSA) is 76.0 Å². The highest BCUT2D eigenvalue weighted by Crippen LogP contribution is 2.45. The summed E-state index contributed by atoms with van der Waals surface area (Å²) in [6, 6.07) is 31.9. The Labute approximate surface area is 247 Å². The molecular formula is C33H44N3O4P. The molecule has 0 bridgehead atoms. The number of hydrogen-bond donors (Lipinski definition) is 1. The van der Waals surface area contributed by atoms with E-state index in [9.17, 15) is 0 Å². The fourth-order valence-electron chi connectivity index (χ4n) is 4.92. The van der Waals surface area contributed by atoms with Crippen LogP contribution < -0.4 is 10.1 Å². The van der Waals surface area contributed by atoms with Crippen molar-refractivity contribution in [3.8, 4) is 11.8 Å². The second kappa shape index (κ2) is 17.2. The Morgan fingerprint density at radius 1 is 0.756 bits per heavy atom. The minimum atomic E-state index is -1.28. The monoisotopic (exact) mass is 577 g/mol. The lowest BCUT2D eigenvalue weighted by molar-refractivity contribution is 0.0873. The van der Waals surface area contributed by atoms with Gasteiger partial charge in [0, 0.05) is 18.6 Å². The van der Waals surface area contributed by atoms with Gasteiger partial charge in [0.2, 0.25) is 0 Å². The van der Waals surface area contributed by atoms with Crippen molar-refractivity contribution in [2.75, 3.05) is 40.1 Å². The van der Waals surface area contributed by atoms with E-state index in [4.69, 9.17) is 23.8 Å². The largest absolute Gasteiger partial charge is 0.497 e. The molecule has 1 unspecified atom stereocenters. The highest BCUT2D eigenvalue weighted by molar-refractivity contribution is 7.44. The number of benzene rings is 3. The summed E-state index contributed by atoms with van der Waals surface area (Å²) in [5, 5.41) is 12.8. The maximum absolute atomic E-state index is 8.92. The van der Waals surface area contributed by atoms with Crippen LogP contribution in [0.25, 0.3) is 0 Å². The Morgan fingerprint density at radius 2 is 1.29 bits per heavy atom. The number of nitrogens with zero attached hydrogens (tertiary/aromatic N) is 2. The molecule has 220 valence electrons. The molecule has 0 spiro atoms. The van der Waals surface area contributed by atoms with Crippen molar-refractivity contribution in [3.05, 3.63) is 102 Å². The van der Waals surface area contributed by atoms with Gasteiger partial charge in [-0.05, 0) is 56.5 Å². The summed E-state index contributed by atoms with van der Waals surface area (Å²) in [5.41, 5.74) is 2.82. The van der Waals surface area contributed by atoms with Crippen molar-refractivity contribution >= 4 is 8.53 Å². The van der Waals surface area contributed by atoms with E-state index in [1.54, 1.807) is 7.11 Å². The summed E-state index contributed by atoms with van der Waals surface area (Å²) in [6.07, 6.45) is 0.340. The van der Waals surface area contributed by atoms with Gasteiger partial charge in [0.1, 0.15) is 5.75 Å². The smallest absolute Gasteiger partial charge is 0.259 e. The van der Waals surface area contributed by atoms with Gasteiger partial charge in [-0.2, -0.15) is 5.26 Å². The quantitative estimate of drug-likeness (QED) is 0.100. The molecule has 0 radical (unpaired) electrons. The van der Waals surface area contributed by atoms with Crippen LogP contribution in [0.1, 0.15) is 50.8 Å². The van der Waals surface area contributed by atoms with E-state index in [0.29, 0.717) is 39.4 Å². The van der Waals surface area contributed by atoms with Gasteiger partial charge < -0.3 is 18.5 Å². The van der Waals surface area contributed by atoms with Crippen molar-refractivity contribution < 1.29 is 18.5 Å². The van der Waals surface area contributed by atoms with Crippen LogP contribution in [0.15, 0.2) is 84.9 Å². The first-order chi connectivity index (χ1) is 19.9. The standard InChI is InChI=1S/C33H44N3O4P/c1-27(2)36(28(3)4)41(39-23-12-21-34)40-26-25-38-24-22-35-33(29-13-8-6-9-14-29,30-15-10-7-11-16-30)31-17-19-32(37-5)20-18-31/h6-11,13-20,27-28,35H,12,22-26H2,1-5H3. The third kappa shape index (κ3) is 9.08. The number of nitriles is 1. The Kier molecular flexibility index (Phi) is 13.7. The van der Waals surface area contributed by atoms with Gasteiger partial charge in [0.25, 0.3) is 8.53 Å². The van der Waals surface area contributed by atoms with Crippen LogP contribution in [0.2, 0.25) is 0 Å². The summed E-state index contributed by atoms with van der Waals surface area (Å²) >= 11 is 0. The normalized spacial score (nSPS) is 12.6. The SMILES string of the molecule is COc1ccc(C(NCCOCCOP(OCCC#N)N(C(C)C)C(C)C)(c2ccccc2)c2ccccc2)cc1. The van der Waals surface area contributed by atoms with Gasteiger partial charge in [-0.25, -0.2) is 4.67 Å². The highest BCUT2D eigenvalue weighted by Gasteiger charge is 2.35. The number of methoxy groups -OCH3 is 1. The lowest BCUT2D eigenvalue weighted by Gasteiger charge is -2.37. The molecule has 0 saturated carbocycles. The van der Waals surface area contributed by atoms with Gasteiger partial charge in [0.05, 0.1) is 51.6 Å². The second-order valence-corrected chi connectivity index (χ2v) is 11.6. The minimum absolute atomic E-state index is 0.260. The Balaban J connectivity index is 1.69. The molecule has 0 aromatic heterocycles. The third-order valence-electron chi connectivity index (χ3n) is 6.66. The molecule has 1 N–H and O–H groups in total. The van der Waals surface area contributed by atoms with E-state index in [2.05, 4.69) is 104 Å². The average molecular weight is 578 g/mol. The maximum atomic E-state index is 8.92. The molecule has 1 atom stereocenters. The molecule has 7 nitrogen and oxygen atoms in total. The molecule has 41 heavy (non-hydrogen) atoms. The first kappa shape index (κ1) is 32.7. The van der Waals surface area contributed by atoms with E-state index in [1.807, 2.05) is 24.3 Å². The number of rotatable bonds is 18. The van der Waals surface area contributed by atoms with Crippen LogP contribution in [0, 0.1) is 11.3 Å². The Morgan fingerprint density at radius 3 is 1.80 bits per heavy atom. The third-order valence-corrected chi connectivity index (χ3v) is 8.77. The van der Waals surface area contributed by atoms with Crippen molar-refractivity contribution in [1.82, 2.24) is 9.99 Å². The Bertz CT molecular complexity index is 1120. The summed E-state index contributed by atoms with van der Waals surface area (Å²) in [6.45, 7) is 10.8. The van der Waals surface area contributed by atoms with E-state index in [1.165, 1.54) is 0 Å². The van der Waals surface area contributed by atoms with Gasteiger partial charge in [-0.3, -0.25) is 5.32 Å². The summed E-state index contributed by atoms with van der Waals surface area (Å²) < 4.78 is 25.8. The molecule has 0 amide bonds. The zero-order chi connectivity index (χ0) is 29.5. The first-order valence-electron chi connectivity index (χ1n) is 14.2. The zero-order valence-electron chi connectivity index (χ0n) is 25.0. The minimum Gasteiger partial charge on any atom is -0.497 e. The predicted molar refractivity (Wildman–Crippen MR) is 166 cm³/mol. The number of nitrogens with one attached hydrogen (secondary N) is 1. The molecular weight excluding hydrogens is 533 g/mol. The first-order valence-corrected chi connectivity index (χ1v) is 15.4. The van der Waals surface area contributed by atoms with Crippen molar-refractivity contribution in [3.63, 3.8) is 0 Å². The van der Waals surface area contributed by atoms with Crippen LogP contribution >= 0.6 is 8.53 Å². The van der Waals surface area contributed by atoms with Crippen LogP contribution in [0.5, 0.6) is 5.75 Å². The molecule has 8 heteroatoms. The van der Waals surface area contributed by atoms with E-state index in [-0.39, 0.29) is 12.1 Å². The molecule has 0 heterocycles. The van der Waals surface area contributed by atoms with Crippen molar-refractivity contribution in [1.29, 1.82) is 5.26 Å². The van der Waals surface area contributed by atoms with Gasteiger partial charge in [-0.1, -0.05) is 72.8 Å². The van der Waals surface area contributed by atoms with E-state index >= 15 is 0 Å². The maximum Gasteiger partial charge on any atom is 0.259 e. The molecule has 0 aliphatic heterocycles. The summed E-state index contributed by atoms with van der Waals surface area (Å²) in [5.74, 6) is 0.817. The molecule has 0 aliphatic rings. The van der Waals surface area contributed by atoms with Crippen LogP contribution in [0.4, 0.5) is 0 Å². The second-order valence-electron chi connectivity index (χ2n) is 10.1. The van der Waals surface area contributed by atoms with Crippen LogP contribution in [-0.4, -0.2) is 56.8 Å². The molecule has 3 rings (SSSR count). The van der Waals surface area contributed by atoms with Gasteiger partial charge in [0.15, 0.2) is 0 Å². The predicted octanol–water partition coefficient (Wildman–Crippen LogP) is 6.89. The lowest BCUT2D eigenvalue weighted by Crippen LogP contribution is -2.46. The van der Waals surface area contributed by atoms with Crippen LogP contribution in [0.3, 0.4) is 0 Å². The van der Waals surface area contributed by atoms with Crippen molar-refractivity contribution in [2.24, 2.45) is 0 Å². The van der Waals surface area contributed by atoms with Gasteiger partial charge in [-0.15, -0.1) is 0 Å². The number of ether oxygens (including phenoxy) is 2. The molecule has 0 fully saturated rings. The van der Waals surface area contributed by atoms with Gasteiger partial charge >= 0.3 is 0 Å².